The van der Waals surface area contributed by atoms with Gasteiger partial charge in [0.25, 0.3) is 11.8 Å². The van der Waals surface area contributed by atoms with Crippen molar-refractivity contribution >= 4 is 23.8 Å². The first kappa shape index (κ1) is 17.8. The van der Waals surface area contributed by atoms with Gasteiger partial charge < -0.3 is 5.32 Å². The van der Waals surface area contributed by atoms with Crippen LogP contribution in [0.2, 0.25) is 0 Å². The predicted molar refractivity (Wildman–Crippen MR) is 90.5 cm³/mol. The molecule has 0 aromatic carbocycles. The Balaban J connectivity index is 1.48. The normalized spacial score (nSPS) is 18.5. The van der Waals surface area contributed by atoms with Gasteiger partial charge in [-0.05, 0) is 25.0 Å². The Labute approximate surface area is 150 Å². The third kappa shape index (κ3) is 3.66. The molecule has 2 heterocycles. The molecule has 0 atom stereocenters. The van der Waals surface area contributed by atoms with Crippen molar-refractivity contribution in [2.75, 3.05) is 6.54 Å². The highest BCUT2D eigenvalue weighted by Gasteiger charge is 2.51. The van der Waals surface area contributed by atoms with Gasteiger partial charge in [0.1, 0.15) is 11.2 Å². The van der Waals surface area contributed by atoms with Gasteiger partial charge >= 0.3 is 6.03 Å². The number of hydrogen-bond acceptors (Lipinski definition) is 5. The first-order valence-corrected chi connectivity index (χ1v) is 8.66. The quantitative estimate of drug-likeness (QED) is 0.534. The minimum absolute atomic E-state index is 0.0301. The summed E-state index contributed by atoms with van der Waals surface area (Å²) in [4.78, 5) is 53.3. The van der Waals surface area contributed by atoms with E-state index in [0.717, 1.165) is 24.2 Å². The molecule has 3 rings (SSSR count). The second-order valence-electron chi connectivity index (χ2n) is 6.50. The van der Waals surface area contributed by atoms with Crippen molar-refractivity contribution in [1.82, 2.24) is 26.1 Å². The highest BCUT2D eigenvalue weighted by atomic mass is 16.2. The van der Waals surface area contributed by atoms with Crippen molar-refractivity contribution < 1.29 is 19.2 Å². The van der Waals surface area contributed by atoms with Crippen LogP contribution in [0.15, 0.2) is 24.4 Å². The molecule has 1 aromatic heterocycles. The Morgan fingerprint density at radius 2 is 1.92 bits per heavy atom. The van der Waals surface area contributed by atoms with Crippen LogP contribution in [0.3, 0.4) is 0 Å². The van der Waals surface area contributed by atoms with Gasteiger partial charge in [-0.25, -0.2) is 4.79 Å². The predicted octanol–water partition coefficient (Wildman–Crippen LogP) is 0.487. The van der Waals surface area contributed by atoms with Crippen molar-refractivity contribution in [3.63, 3.8) is 0 Å². The first-order valence-electron chi connectivity index (χ1n) is 8.66. The average Bonchev–Trinajstić information content (AvgIpc) is 2.88. The fourth-order valence-electron chi connectivity index (χ4n) is 3.34. The maximum atomic E-state index is 12.6. The number of imide groups is 1. The molecule has 2 fully saturated rings. The van der Waals surface area contributed by atoms with Crippen LogP contribution in [0.5, 0.6) is 0 Å². The molecule has 1 aromatic rings. The first-order chi connectivity index (χ1) is 12.5. The Morgan fingerprint density at radius 3 is 2.62 bits per heavy atom. The lowest BCUT2D eigenvalue weighted by Crippen LogP contribution is -2.48. The van der Waals surface area contributed by atoms with Crippen molar-refractivity contribution in [3.05, 3.63) is 30.1 Å². The van der Waals surface area contributed by atoms with Crippen molar-refractivity contribution in [2.24, 2.45) is 0 Å². The average molecular weight is 359 g/mol. The van der Waals surface area contributed by atoms with Crippen LogP contribution in [0.4, 0.5) is 4.79 Å². The molecule has 0 unspecified atom stereocenters. The van der Waals surface area contributed by atoms with Crippen LogP contribution in [0.25, 0.3) is 0 Å². The van der Waals surface area contributed by atoms with Crippen LogP contribution in [-0.2, 0) is 9.59 Å². The molecule has 9 nitrogen and oxygen atoms in total. The molecule has 0 bridgehead atoms. The van der Waals surface area contributed by atoms with Crippen LogP contribution in [0, 0.1) is 0 Å². The summed E-state index contributed by atoms with van der Waals surface area (Å²) in [6.07, 6.45) is 5.51. The molecule has 138 valence electrons. The number of nitrogens with one attached hydrogen (secondary N) is 3. The number of hydrogen-bond donors (Lipinski definition) is 3. The highest BCUT2D eigenvalue weighted by molar-refractivity contribution is 6.07. The lowest BCUT2D eigenvalue weighted by molar-refractivity contribution is -0.132. The minimum Gasteiger partial charge on any atom is -0.323 e. The van der Waals surface area contributed by atoms with Gasteiger partial charge in [0.05, 0.1) is 0 Å². The van der Waals surface area contributed by atoms with Gasteiger partial charge in [0, 0.05) is 19.2 Å². The van der Waals surface area contributed by atoms with Gasteiger partial charge in [0.2, 0.25) is 5.91 Å². The molecule has 9 heteroatoms. The molecule has 1 aliphatic heterocycles. The molecule has 1 saturated heterocycles. The van der Waals surface area contributed by atoms with E-state index in [4.69, 9.17) is 0 Å². The zero-order valence-corrected chi connectivity index (χ0v) is 14.3. The molecule has 0 radical (unpaired) electrons. The lowest BCUT2D eigenvalue weighted by Gasteiger charge is -2.30. The number of carbonyl (C=O) groups excluding carboxylic acids is 4. The van der Waals surface area contributed by atoms with E-state index in [1.165, 1.54) is 12.3 Å². The number of carbonyl (C=O) groups is 4. The summed E-state index contributed by atoms with van der Waals surface area (Å²) in [5, 5.41) is 2.79. The number of urea groups is 1. The summed E-state index contributed by atoms with van der Waals surface area (Å²) in [6.45, 7) is -0.0301. The van der Waals surface area contributed by atoms with Gasteiger partial charge in [0.15, 0.2) is 0 Å². The Bertz CT molecular complexity index is 715. The smallest absolute Gasteiger partial charge is 0.323 e. The molecule has 26 heavy (non-hydrogen) atoms. The summed E-state index contributed by atoms with van der Waals surface area (Å²) >= 11 is 0. The Kier molecular flexibility index (Phi) is 5.15. The van der Waals surface area contributed by atoms with Gasteiger partial charge in [-0.3, -0.25) is 35.1 Å². The number of rotatable bonds is 4. The number of nitrogens with zero attached hydrogens (tertiary/aromatic N) is 2. The fourth-order valence-corrected chi connectivity index (χ4v) is 3.34. The number of amides is 5. The Morgan fingerprint density at radius 1 is 1.15 bits per heavy atom. The molecular formula is C17H21N5O4. The molecule has 1 aliphatic carbocycles. The Hall–Kier alpha value is -2.97. The maximum absolute atomic E-state index is 12.6. The van der Waals surface area contributed by atoms with E-state index in [9.17, 15) is 19.2 Å². The van der Waals surface area contributed by atoms with E-state index in [1.54, 1.807) is 12.1 Å². The summed E-state index contributed by atoms with van der Waals surface area (Å²) in [6, 6.07) is 4.38. The summed E-state index contributed by atoms with van der Waals surface area (Å²) in [5.74, 6) is -1.30. The third-order valence-electron chi connectivity index (χ3n) is 4.73. The van der Waals surface area contributed by atoms with Gasteiger partial charge in [-0.2, -0.15) is 0 Å². The van der Waals surface area contributed by atoms with Crippen molar-refractivity contribution in [3.8, 4) is 0 Å². The number of hydrazine groups is 1. The van der Waals surface area contributed by atoms with E-state index in [2.05, 4.69) is 21.2 Å². The second-order valence-corrected chi connectivity index (χ2v) is 6.50. The second kappa shape index (κ2) is 7.51. The van der Waals surface area contributed by atoms with Crippen LogP contribution in [0.1, 0.15) is 49.0 Å². The van der Waals surface area contributed by atoms with Gasteiger partial charge in [-0.15, -0.1) is 0 Å². The summed E-state index contributed by atoms with van der Waals surface area (Å²) < 4.78 is 0. The topological polar surface area (TPSA) is 121 Å². The monoisotopic (exact) mass is 359 g/mol. The van der Waals surface area contributed by atoms with Gasteiger partial charge in [-0.1, -0.05) is 25.3 Å². The number of aromatic nitrogens is 1. The SMILES string of the molecule is O=C(CCN1C(=O)NC2(CCCCC2)C1=O)NNC(=O)c1ccccn1. The van der Waals surface area contributed by atoms with E-state index in [0.29, 0.717) is 12.8 Å². The molecule has 3 N–H and O–H groups in total. The third-order valence-corrected chi connectivity index (χ3v) is 4.73. The summed E-state index contributed by atoms with van der Waals surface area (Å²) in [5.41, 5.74) is 3.88. The van der Waals surface area contributed by atoms with Crippen LogP contribution in [-0.4, -0.2) is 45.7 Å². The molecule has 5 amide bonds. The van der Waals surface area contributed by atoms with E-state index < -0.39 is 23.4 Å². The minimum atomic E-state index is -0.793. The molecule has 2 aliphatic rings. The molecule has 1 spiro atoms. The van der Waals surface area contributed by atoms with Crippen molar-refractivity contribution in [1.29, 1.82) is 0 Å². The highest BCUT2D eigenvalue weighted by Crippen LogP contribution is 2.33. The molecular weight excluding hydrogens is 338 g/mol. The van der Waals surface area contributed by atoms with E-state index in [1.807, 2.05) is 0 Å². The zero-order valence-electron chi connectivity index (χ0n) is 14.3. The zero-order chi connectivity index (χ0) is 18.6. The number of pyridine rings is 1. The maximum Gasteiger partial charge on any atom is 0.325 e. The van der Waals surface area contributed by atoms with E-state index in [-0.39, 0.29) is 24.6 Å². The van der Waals surface area contributed by atoms with Crippen LogP contribution < -0.4 is 16.2 Å². The largest absolute Gasteiger partial charge is 0.325 e. The lowest BCUT2D eigenvalue weighted by atomic mass is 9.82. The summed E-state index contributed by atoms with van der Waals surface area (Å²) in [7, 11) is 0. The standard InChI is InChI=1S/C17H21N5O4/c23-13(20-21-14(24)12-6-2-5-10-18-12)7-11-22-15(25)17(19-16(22)26)8-3-1-4-9-17/h2,5-6,10H,1,3-4,7-9,11H2,(H,19,26)(H,20,23)(H,21,24). The van der Waals surface area contributed by atoms with E-state index >= 15 is 0 Å². The van der Waals surface area contributed by atoms with Crippen LogP contribution >= 0.6 is 0 Å². The fraction of sp³-hybridized carbons (Fsp3) is 0.471. The molecule has 1 saturated carbocycles. The van der Waals surface area contributed by atoms with Crippen molar-refractivity contribution in [2.45, 2.75) is 44.1 Å².